The molecule has 0 saturated heterocycles. The molecule has 3 heterocycles. The summed E-state index contributed by atoms with van der Waals surface area (Å²) in [4.78, 5) is 10.6. The number of hydrogen-bond donors (Lipinski definition) is 0. The van der Waals surface area contributed by atoms with Crippen LogP contribution in [0, 0.1) is 18.3 Å². The Hall–Kier alpha value is -2.19. The van der Waals surface area contributed by atoms with Crippen molar-refractivity contribution in [1.82, 2.24) is 14.5 Å². The lowest BCUT2D eigenvalue weighted by Crippen LogP contribution is -2.05. The molecular weight excluding hydrogens is 280 g/mol. The van der Waals surface area contributed by atoms with Gasteiger partial charge in [0.05, 0.1) is 6.07 Å². The van der Waals surface area contributed by atoms with Crippen molar-refractivity contribution >= 4 is 22.5 Å². The van der Waals surface area contributed by atoms with Gasteiger partial charge in [-0.25, -0.2) is 9.97 Å². The molecule has 0 aromatic carbocycles. The zero-order valence-electron chi connectivity index (χ0n) is 11.9. The third-order valence-corrected chi connectivity index (χ3v) is 4.26. The number of fused-ring (bicyclic) bond motifs is 1. The van der Waals surface area contributed by atoms with Gasteiger partial charge < -0.3 is 4.57 Å². The second-order valence-corrected chi connectivity index (χ2v) is 6.09. The van der Waals surface area contributed by atoms with Crippen LogP contribution < -0.4 is 0 Å². The van der Waals surface area contributed by atoms with E-state index >= 15 is 0 Å². The number of thiophene rings is 1. The molecule has 0 amide bonds. The molecule has 0 unspecified atom stereocenters. The van der Waals surface area contributed by atoms with Gasteiger partial charge >= 0.3 is 0 Å². The number of pyridine rings is 1. The van der Waals surface area contributed by atoms with Crippen molar-refractivity contribution in [3.8, 4) is 6.07 Å². The van der Waals surface area contributed by atoms with E-state index in [-0.39, 0.29) is 0 Å². The molecule has 0 N–H and O–H groups in total. The first-order valence-electron chi connectivity index (χ1n) is 6.99. The molecule has 0 radical (unpaired) electrons. The van der Waals surface area contributed by atoms with Gasteiger partial charge in [0.25, 0.3) is 0 Å². The second kappa shape index (κ2) is 6.06. The van der Waals surface area contributed by atoms with Crippen LogP contribution in [0.25, 0.3) is 11.2 Å². The predicted molar refractivity (Wildman–Crippen MR) is 84.2 cm³/mol. The highest BCUT2D eigenvalue weighted by Crippen LogP contribution is 2.20. The number of aromatic nitrogens is 3. The van der Waals surface area contributed by atoms with Crippen molar-refractivity contribution in [3.05, 3.63) is 46.0 Å². The minimum atomic E-state index is 0.560. The molecule has 0 aliphatic rings. The van der Waals surface area contributed by atoms with Crippen LogP contribution in [0.1, 0.15) is 29.1 Å². The quantitative estimate of drug-likeness (QED) is 0.675. The molecule has 3 aromatic heterocycles. The Morgan fingerprint density at radius 2 is 2.33 bits per heavy atom. The third-order valence-electron chi connectivity index (χ3n) is 3.38. The van der Waals surface area contributed by atoms with Crippen LogP contribution in [0.3, 0.4) is 0 Å². The van der Waals surface area contributed by atoms with Crippen molar-refractivity contribution in [2.75, 3.05) is 0 Å². The van der Waals surface area contributed by atoms with Gasteiger partial charge in [-0.2, -0.15) is 5.26 Å². The second-order valence-electron chi connectivity index (χ2n) is 5.05. The molecule has 0 spiro atoms. The molecule has 21 heavy (non-hydrogen) atoms. The predicted octanol–water partition coefficient (Wildman–Crippen LogP) is 3.70. The minimum Gasteiger partial charge on any atom is -0.312 e. The Morgan fingerprint density at radius 1 is 1.43 bits per heavy atom. The van der Waals surface area contributed by atoms with E-state index in [2.05, 4.69) is 39.2 Å². The molecule has 0 fully saturated rings. The molecule has 3 aromatic rings. The SMILES string of the molecule is Cc1cnc2c(c1)nc(Cc1cccs1)n2CCCC#N. The summed E-state index contributed by atoms with van der Waals surface area (Å²) in [7, 11) is 0. The largest absolute Gasteiger partial charge is 0.312 e. The third kappa shape index (κ3) is 2.96. The Kier molecular flexibility index (Phi) is 3.98. The number of nitriles is 1. The van der Waals surface area contributed by atoms with Gasteiger partial charge in [-0.3, -0.25) is 0 Å². The molecule has 4 nitrogen and oxygen atoms in total. The van der Waals surface area contributed by atoms with Crippen molar-refractivity contribution in [1.29, 1.82) is 5.26 Å². The van der Waals surface area contributed by atoms with Crippen LogP contribution in [0.15, 0.2) is 29.8 Å². The number of hydrogen-bond acceptors (Lipinski definition) is 4. The molecule has 0 bridgehead atoms. The van der Waals surface area contributed by atoms with Crippen LogP contribution in [0.2, 0.25) is 0 Å². The first-order valence-corrected chi connectivity index (χ1v) is 7.87. The van der Waals surface area contributed by atoms with E-state index in [4.69, 9.17) is 10.2 Å². The Bertz CT molecular complexity index is 781. The Morgan fingerprint density at radius 3 is 3.10 bits per heavy atom. The number of rotatable bonds is 5. The maximum atomic E-state index is 8.73. The van der Waals surface area contributed by atoms with Crippen molar-refractivity contribution in [2.24, 2.45) is 0 Å². The van der Waals surface area contributed by atoms with Crippen molar-refractivity contribution in [2.45, 2.75) is 32.7 Å². The summed E-state index contributed by atoms with van der Waals surface area (Å²) in [5, 5.41) is 10.8. The van der Waals surface area contributed by atoms with Gasteiger partial charge in [-0.05, 0) is 36.4 Å². The van der Waals surface area contributed by atoms with E-state index in [0.29, 0.717) is 6.42 Å². The average molecular weight is 296 g/mol. The van der Waals surface area contributed by atoms with Crippen molar-refractivity contribution in [3.63, 3.8) is 0 Å². The fourth-order valence-corrected chi connectivity index (χ4v) is 3.12. The van der Waals surface area contributed by atoms with Crippen molar-refractivity contribution < 1.29 is 0 Å². The van der Waals surface area contributed by atoms with E-state index in [1.807, 2.05) is 13.1 Å². The Balaban J connectivity index is 1.99. The lowest BCUT2D eigenvalue weighted by atomic mass is 10.3. The standard InChI is InChI=1S/C16H16N4S/c1-12-9-14-16(18-11-12)20(7-3-2-6-17)15(19-14)10-13-5-4-8-21-13/h4-5,8-9,11H,2-3,7,10H2,1H3. The van der Waals surface area contributed by atoms with Crippen LogP contribution in [-0.4, -0.2) is 14.5 Å². The summed E-state index contributed by atoms with van der Waals surface area (Å²) in [6, 6.07) is 8.46. The van der Waals surface area contributed by atoms with Gasteiger partial charge in [-0.15, -0.1) is 11.3 Å². The smallest absolute Gasteiger partial charge is 0.160 e. The monoisotopic (exact) mass is 296 g/mol. The van der Waals surface area contributed by atoms with Gasteiger partial charge in [0.1, 0.15) is 11.3 Å². The average Bonchev–Trinajstić information content (AvgIpc) is 3.08. The fourth-order valence-electron chi connectivity index (χ4n) is 2.41. The molecular formula is C16H16N4S. The highest BCUT2D eigenvalue weighted by atomic mass is 32.1. The minimum absolute atomic E-state index is 0.560. The summed E-state index contributed by atoms with van der Waals surface area (Å²) in [6.45, 7) is 2.82. The molecule has 0 aliphatic carbocycles. The lowest BCUT2D eigenvalue weighted by molar-refractivity contribution is 0.638. The number of imidazole rings is 1. The summed E-state index contributed by atoms with van der Waals surface area (Å²) in [5.74, 6) is 1.03. The molecule has 106 valence electrons. The van der Waals surface area contributed by atoms with Gasteiger partial charge in [-0.1, -0.05) is 6.07 Å². The molecule has 5 heteroatoms. The van der Waals surface area contributed by atoms with E-state index in [0.717, 1.165) is 41.9 Å². The zero-order valence-corrected chi connectivity index (χ0v) is 12.7. The van der Waals surface area contributed by atoms with Gasteiger partial charge in [0, 0.05) is 30.5 Å². The fraction of sp³-hybridized carbons (Fsp3) is 0.312. The summed E-state index contributed by atoms with van der Waals surface area (Å²) in [5.41, 5.74) is 2.98. The first-order chi connectivity index (χ1) is 10.3. The van der Waals surface area contributed by atoms with Crippen LogP contribution >= 0.6 is 11.3 Å². The normalized spacial score (nSPS) is 10.9. The molecule has 0 aliphatic heterocycles. The summed E-state index contributed by atoms with van der Waals surface area (Å²) in [6.07, 6.45) is 4.08. The van der Waals surface area contributed by atoms with Crippen LogP contribution in [0.4, 0.5) is 0 Å². The van der Waals surface area contributed by atoms with Gasteiger partial charge in [0.15, 0.2) is 5.65 Å². The van der Waals surface area contributed by atoms with E-state index in [1.54, 1.807) is 11.3 Å². The highest BCUT2D eigenvalue weighted by molar-refractivity contribution is 7.09. The highest BCUT2D eigenvalue weighted by Gasteiger charge is 2.12. The van der Waals surface area contributed by atoms with E-state index in [9.17, 15) is 0 Å². The van der Waals surface area contributed by atoms with Gasteiger partial charge in [0.2, 0.25) is 0 Å². The molecule has 3 rings (SSSR count). The number of nitrogens with zero attached hydrogens (tertiary/aromatic N) is 4. The number of unbranched alkanes of at least 4 members (excludes halogenated alkanes) is 1. The van der Waals surface area contributed by atoms with E-state index < -0.39 is 0 Å². The molecule has 0 saturated carbocycles. The molecule has 0 atom stereocenters. The topological polar surface area (TPSA) is 54.5 Å². The first kappa shape index (κ1) is 13.8. The lowest BCUT2D eigenvalue weighted by Gasteiger charge is -2.06. The maximum Gasteiger partial charge on any atom is 0.160 e. The maximum absolute atomic E-state index is 8.73. The van der Waals surface area contributed by atoms with E-state index in [1.165, 1.54) is 4.88 Å². The zero-order chi connectivity index (χ0) is 14.7. The Labute approximate surface area is 127 Å². The number of aryl methyl sites for hydroxylation is 2. The van der Waals surface area contributed by atoms with Crippen LogP contribution in [-0.2, 0) is 13.0 Å². The van der Waals surface area contributed by atoms with Crippen LogP contribution in [0.5, 0.6) is 0 Å². The summed E-state index contributed by atoms with van der Waals surface area (Å²) >= 11 is 1.74. The summed E-state index contributed by atoms with van der Waals surface area (Å²) < 4.78 is 2.16.